The van der Waals surface area contributed by atoms with E-state index in [0.29, 0.717) is 36.5 Å². The number of aliphatic hydroxyl groups is 1. The zero-order valence-corrected chi connectivity index (χ0v) is 13.5. The number of hydrogen-bond donors (Lipinski definition) is 3. The van der Waals surface area contributed by atoms with Crippen molar-refractivity contribution in [3.05, 3.63) is 11.5 Å². The molecule has 0 radical (unpaired) electrons. The van der Waals surface area contributed by atoms with Crippen molar-refractivity contribution in [2.24, 2.45) is 5.41 Å². The van der Waals surface area contributed by atoms with Gasteiger partial charge >= 0.3 is 6.03 Å². The molecule has 6 heteroatoms. The van der Waals surface area contributed by atoms with Crippen LogP contribution < -0.4 is 10.6 Å². The molecule has 3 N–H and O–H groups in total. The van der Waals surface area contributed by atoms with Crippen molar-refractivity contribution < 1.29 is 14.4 Å². The van der Waals surface area contributed by atoms with E-state index in [1.165, 1.54) is 0 Å². The highest BCUT2D eigenvalue weighted by molar-refractivity contribution is 5.90. The summed E-state index contributed by atoms with van der Waals surface area (Å²) in [5.41, 5.74) is 1.27. The second kappa shape index (κ2) is 8.02. The van der Waals surface area contributed by atoms with Gasteiger partial charge in [-0.2, -0.15) is 0 Å². The molecule has 0 spiro atoms. The van der Waals surface area contributed by atoms with Gasteiger partial charge in [-0.15, -0.1) is 0 Å². The molecular weight excluding hydrogens is 270 g/mol. The number of hydrogen-bond acceptors (Lipinski definition) is 4. The topological polar surface area (TPSA) is 87.4 Å². The lowest BCUT2D eigenvalue weighted by Gasteiger charge is -2.31. The van der Waals surface area contributed by atoms with Crippen LogP contribution in [-0.2, 0) is 6.42 Å². The van der Waals surface area contributed by atoms with Crippen molar-refractivity contribution in [2.45, 2.75) is 53.4 Å². The van der Waals surface area contributed by atoms with Crippen LogP contribution in [0.4, 0.5) is 10.5 Å². The molecule has 120 valence electrons. The van der Waals surface area contributed by atoms with E-state index in [1.807, 2.05) is 6.92 Å². The number of nitrogens with one attached hydrogen (secondary N) is 2. The molecular formula is C15H27N3O3. The Kier molecular flexibility index (Phi) is 6.68. The number of aliphatic hydroxyl groups excluding tert-OH is 1. The lowest BCUT2D eigenvalue weighted by Crippen LogP contribution is -2.39. The molecule has 6 nitrogen and oxygen atoms in total. The minimum Gasteiger partial charge on any atom is -0.396 e. The van der Waals surface area contributed by atoms with Gasteiger partial charge in [0.1, 0.15) is 11.4 Å². The van der Waals surface area contributed by atoms with Crippen LogP contribution in [0.3, 0.4) is 0 Å². The van der Waals surface area contributed by atoms with Crippen molar-refractivity contribution in [1.29, 1.82) is 0 Å². The first-order valence-corrected chi connectivity index (χ1v) is 7.62. The van der Waals surface area contributed by atoms with E-state index >= 15 is 0 Å². The van der Waals surface area contributed by atoms with Crippen LogP contribution in [0, 0.1) is 12.3 Å². The molecule has 0 saturated heterocycles. The first kappa shape index (κ1) is 17.5. The van der Waals surface area contributed by atoms with E-state index in [9.17, 15) is 9.90 Å². The van der Waals surface area contributed by atoms with Crippen LogP contribution in [0.1, 0.15) is 51.5 Å². The molecule has 0 bridgehead atoms. The van der Waals surface area contributed by atoms with E-state index in [4.69, 9.17) is 4.52 Å². The van der Waals surface area contributed by atoms with Gasteiger partial charge in [0.05, 0.1) is 0 Å². The average molecular weight is 297 g/mol. The normalized spacial score (nSPS) is 11.5. The van der Waals surface area contributed by atoms with Crippen LogP contribution in [0.5, 0.6) is 0 Å². The van der Waals surface area contributed by atoms with Gasteiger partial charge in [-0.1, -0.05) is 25.9 Å². The highest BCUT2D eigenvalue weighted by atomic mass is 16.5. The molecule has 0 aliphatic heterocycles. The standard InChI is InChI=1S/C15H27N3O3/c1-5-12-13(11(4)18-21-12)17-14(20)16-10-15(6-2,7-3)8-9-19/h19H,5-10H2,1-4H3,(H2,16,17,20). The fraction of sp³-hybridized carbons (Fsp3) is 0.733. The fourth-order valence-electron chi connectivity index (χ4n) is 2.42. The van der Waals surface area contributed by atoms with Gasteiger partial charge in [0, 0.05) is 19.6 Å². The van der Waals surface area contributed by atoms with Gasteiger partial charge in [-0.3, -0.25) is 0 Å². The van der Waals surface area contributed by atoms with Gasteiger partial charge in [0.15, 0.2) is 5.76 Å². The highest BCUT2D eigenvalue weighted by Crippen LogP contribution is 2.29. The summed E-state index contributed by atoms with van der Waals surface area (Å²) in [6.07, 6.45) is 3.19. The Labute approximate surface area is 126 Å². The molecule has 0 atom stereocenters. The van der Waals surface area contributed by atoms with E-state index in [2.05, 4.69) is 29.6 Å². The second-order valence-electron chi connectivity index (χ2n) is 5.41. The Bertz CT molecular complexity index is 453. The number of rotatable bonds is 8. The minimum atomic E-state index is -0.264. The van der Waals surface area contributed by atoms with Gasteiger partial charge in [-0.05, 0) is 31.6 Å². The molecule has 2 amide bonds. The SMILES string of the molecule is CCc1onc(C)c1NC(=O)NCC(CC)(CC)CCO. The summed E-state index contributed by atoms with van der Waals surface area (Å²) in [7, 11) is 0. The summed E-state index contributed by atoms with van der Waals surface area (Å²) in [5.74, 6) is 0.676. The molecule has 0 saturated carbocycles. The van der Waals surface area contributed by atoms with Crippen molar-refractivity contribution in [1.82, 2.24) is 10.5 Å². The third-order valence-electron chi connectivity index (χ3n) is 4.26. The van der Waals surface area contributed by atoms with Crippen molar-refractivity contribution in [2.75, 3.05) is 18.5 Å². The molecule has 1 rings (SSSR count). The third-order valence-corrected chi connectivity index (χ3v) is 4.26. The largest absolute Gasteiger partial charge is 0.396 e. The van der Waals surface area contributed by atoms with Crippen molar-refractivity contribution in [3.8, 4) is 0 Å². The van der Waals surface area contributed by atoms with Crippen molar-refractivity contribution in [3.63, 3.8) is 0 Å². The van der Waals surface area contributed by atoms with Gasteiger partial charge in [0.25, 0.3) is 0 Å². The third kappa shape index (κ3) is 4.46. The zero-order chi connectivity index (χ0) is 15.9. The lowest BCUT2D eigenvalue weighted by atomic mass is 9.79. The first-order chi connectivity index (χ1) is 10.0. The van der Waals surface area contributed by atoms with Gasteiger partial charge in [-0.25, -0.2) is 4.79 Å². The molecule has 1 aromatic rings. The van der Waals surface area contributed by atoms with Gasteiger partial charge < -0.3 is 20.3 Å². The number of carbonyl (C=O) groups is 1. The van der Waals surface area contributed by atoms with Crippen LogP contribution in [0.25, 0.3) is 0 Å². The number of amides is 2. The maximum absolute atomic E-state index is 12.1. The highest BCUT2D eigenvalue weighted by Gasteiger charge is 2.26. The molecule has 21 heavy (non-hydrogen) atoms. The average Bonchev–Trinajstić information content (AvgIpc) is 2.84. The maximum Gasteiger partial charge on any atom is 0.319 e. The predicted octanol–water partition coefficient (Wildman–Crippen LogP) is 2.86. The number of anilines is 1. The summed E-state index contributed by atoms with van der Waals surface area (Å²) in [6.45, 7) is 8.58. The Hall–Kier alpha value is -1.56. The Morgan fingerprint density at radius 1 is 1.33 bits per heavy atom. The van der Waals surface area contributed by atoms with Gasteiger partial charge in [0.2, 0.25) is 0 Å². The summed E-state index contributed by atoms with van der Waals surface area (Å²) in [5, 5.41) is 18.8. The van der Waals surface area contributed by atoms with E-state index in [-0.39, 0.29) is 18.1 Å². The number of nitrogens with zero attached hydrogens (tertiary/aromatic N) is 1. The monoisotopic (exact) mass is 297 g/mol. The maximum atomic E-state index is 12.1. The fourth-order valence-corrected chi connectivity index (χ4v) is 2.42. The molecule has 0 aliphatic carbocycles. The molecule has 1 heterocycles. The summed E-state index contributed by atoms with van der Waals surface area (Å²) in [4.78, 5) is 12.1. The summed E-state index contributed by atoms with van der Waals surface area (Å²) < 4.78 is 5.15. The smallest absolute Gasteiger partial charge is 0.319 e. The number of urea groups is 1. The second-order valence-corrected chi connectivity index (χ2v) is 5.41. The van der Waals surface area contributed by atoms with E-state index in [0.717, 1.165) is 12.8 Å². The molecule has 0 fully saturated rings. The molecule has 0 aliphatic rings. The predicted molar refractivity (Wildman–Crippen MR) is 82.4 cm³/mol. The Morgan fingerprint density at radius 2 is 2.00 bits per heavy atom. The molecule has 0 aromatic carbocycles. The Balaban J connectivity index is 2.63. The summed E-state index contributed by atoms with van der Waals surface area (Å²) >= 11 is 0. The first-order valence-electron chi connectivity index (χ1n) is 7.62. The quantitative estimate of drug-likeness (QED) is 0.688. The molecule has 1 aromatic heterocycles. The number of aromatic nitrogens is 1. The lowest BCUT2D eigenvalue weighted by molar-refractivity contribution is 0.165. The zero-order valence-electron chi connectivity index (χ0n) is 13.5. The molecule has 0 unspecified atom stereocenters. The van der Waals surface area contributed by atoms with Crippen LogP contribution in [-0.4, -0.2) is 29.4 Å². The number of carbonyl (C=O) groups excluding carboxylic acids is 1. The van der Waals surface area contributed by atoms with Crippen molar-refractivity contribution >= 4 is 11.7 Å². The van der Waals surface area contributed by atoms with E-state index < -0.39 is 0 Å². The van der Waals surface area contributed by atoms with Crippen LogP contribution >= 0.6 is 0 Å². The van der Waals surface area contributed by atoms with Crippen LogP contribution in [0.2, 0.25) is 0 Å². The van der Waals surface area contributed by atoms with Crippen LogP contribution in [0.15, 0.2) is 4.52 Å². The van der Waals surface area contributed by atoms with E-state index in [1.54, 1.807) is 6.92 Å². The number of aryl methyl sites for hydroxylation is 2. The Morgan fingerprint density at radius 3 is 2.52 bits per heavy atom. The minimum absolute atomic E-state index is 0.0522. The summed E-state index contributed by atoms with van der Waals surface area (Å²) in [6, 6.07) is -0.264.